The molecule has 5 aromatic rings. The Morgan fingerprint density at radius 3 is 1.67 bits per heavy atom. The molecule has 1 aromatic heterocycles. The second-order valence-electron chi connectivity index (χ2n) is 10.8. The van der Waals surface area contributed by atoms with Gasteiger partial charge in [-0.2, -0.15) is 40.2 Å². The van der Waals surface area contributed by atoms with E-state index in [-0.39, 0.29) is 57.3 Å². The predicted octanol–water partition coefficient (Wildman–Crippen LogP) is 3.21. The van der Waals surface area contributed by atoms with E-state index in [1.54, 1.807) is 0 Å². The maximum absolute atomic E-state index is 13.6. The summed E-state index contributed by atoms with van der Waals surface area (Å²) in [5, 5.41) is 7.86. The van der Waals surface area contributed by atoms with E-state index in [4.69, 9.17) is 10.5 Å². The molecule has 0 amide bonds. The number of hydrogen-bond donors (Lipinski definition) is 7. The molecule has 1 aliphatic rings. The number of benzene rings is 4. The number of nitrogens with one attached hydrogen (secondary N) is 3. The lowest BCUT2D eigenvalue weighted by molar-refractivity contribution is 0.0980. The smallest absolute Gasteiger partial charge is 0.322 e. The van der Waals surface area contributed by atoms with Crippen LogP contribution in [0.25, 0.3) is 0 Å². The fourth-order valence-electron chi connectivity index (χ4n) is 5.27. The van der Waals surface area contributed by atoms with E-state index in [9.17, 15) is 48.5 Å². The number of anilines is 7. The average molecular weight is 770 g/mol. The zero-order valence-electron chi connectivity index (χ0n) is 26.1. The van der Waals surface area contributed by atoms with Gasteiger partial charge in [0.25, 0.3) is 30.4 Å². The molecule has 0 unspecified atom stereocenters. The van der Waals surface area contributed by atoms with Crippen molar-refractivity contribution in [1.29, 1.82) is 0 Å². The van der Waals surface area contributed by atoms with E-state index in [1.807, 2.05) is 0 Å². The number of nitrogen functional groups attached to an aromatic ring is 1. The van der Waals surface area contributed by atoms with Crippen molar-refractivity contribution in [1.82, 2.24) is 15.0 Å². The summed E-state index contributed by atoms with van der Waals surface area (Å²) >= 11 is 0. The summed E-state index contributed by atoms with van der Waals surface area (Å²) in [6.07, 6.45) is 0. The van der Waals surface area contributed by atoms with Crippen LogP contribution in [-0.4, -0.2) is 72.5 Å². The molecule has 22 heteroatoms. The Labute approximate surface area is 294 Å². The quantitative estimate of drug-likeness (QED) is 0.0777. The first-order valence-corrected chi connectivity index (χ1v) is 18.6. The number of fused-ring (bicyclic) bond motifs is 2. The second-order valence-corrected chi connectivity index (χ2v) is 14.9. The highest BCUT2D eigenvalue weighted by molar-refractivity contribution is 7.86. The molecule has 4 aromatic carbocycles. The molecule has 0 spiro atoms. The first kappa shape index (κ1) is 35.8. The third-order valence-corrected chi connectivity index (χ3v) is 10.2. The summed E-state index contributed by atoms with van der Waals surface area (Å²) in [4.78, 5) is 36.9. The van der Waals surface area contributed by atoms with Crippen LogP contribution in [0.3, 0.4) is 0 Å². The Morgan fingerprint density at radius 2 is 1.12 bits per heavy atom. The maximum Gasteiger partial charge on any atom is 0.322 e. The topological polar surface area (TPSA) is 307 Å². The van der Waals surface area contributed by atoms with Crippen LogP contribution < -0.4 is 26.4 Å². The molecule has 0 radical (unpaired) electrons. The summed E-state index contributed by atoms with van der Waals surface area (Å²) in [5.74, 6) is -2.24. The molecule has 52 heavy (non-hydrogen) atoms. The molecule has 0 saturated heterocycles. The van der Waals surface area contributed by atoms with Crippen molar-refractivity contribution in [2.24, 2.45) is 0 Å². The molecule has 1 aliphatic carbocycles. The van der Waals surface area contributed by atoms with Crippen molar-refractivity contribution >= 4 is 82.3 Å². The van der Waals surface area contributed by atoms with Gasteiger partial charge in [0, 0.05) is 16.8 Å². The summed E-state index contributed by atoms with van der Waals surface area (Å²) in [6.45, 7) is 0. The number of rotatable bonds is 10. The first-order valence-electron chi connectivity index (χ1n) is 14.3. The molecule has 268 valence electrons. The van der Waals surface area contributed by atoms with Crippen LogP contribution in [0.5, 0.6) is 6.01 Å². The van der Waals surface area contributed by atoms with Gasteiger partial charge in [-0.15, -0.1) is 0 Å². The summed E-state index contributed by atoms with van der Waals surface area (Å²) in [5.41, 5.74) is 3.38. The van der Waals surface area contributed by atoms with E-state index in [0.29, 0.717) is 0 Å². The van der Waals surface area contributed by atoms with Crippen molar-refractivity contribution < 1.29 is 53.2 Å². The van der Waals surface area contributed by atoms with Gasteiger partial charge in [-0.25, -0.2) is 0 Å². The number of nitrogens with zero attached hydrogens (tertiary/aromatic N) is 3. The molecule has 0 fully saturated rings. The monoisotopic (exact) mass is 769 g/mol. The number of carbonyl (C=O) groups excluding carboxylic acids is 2. The van der Waals surface area contributed by atoms with Crippen LogP contribution in [0.1, 0.15) is 31.8 Å². The summed E-state index contributed by atoms with van der Waals surface area (Å²) < 4.78 is 108. The van der Waals surface area contributed by atoms with Crippen molar-refractivity contribution in [3.8, 4) is 6.01 Å². The normalized spacial score (nSPS) is 12.8. The number of hydrogen-bond acceptors (Lipinski definition) is 16. The zero-order chi connectivity index (χ0) is 37.7. The first-order chi connectivity index (χ1) is 24.4. The number of ketones is 2. The van der Waals surface area contributed by atoms with Crippen LogP contribution in [0.4, 0.5) is 40.3 Å². The number of carbonyl (C=O) groups is 2. The molecular weight excluding hydrogens is 747 g/mol. The van der Waals surface area contributed by atoms with E-state index < -0.39 is 67.9 Å². The summed E-state index contributed by atoms with van der Waals surface area (Å²) in [7, 11) is -13.6. The average Bonchev–Trinajstić information content (AvgIpc) is 3.07. The van der Waals surface area contributed by atoms with Crippen molar-refractivity contribution in [2.45, 2.75) is 14.7 Å². The predicted molar refractivity (Wildman–Crippen MR) is 183 cm³/mol. The van der Waals surface area contributed by atoms with Crippen LogP contribution in [0.15, 0.2) is 87.5 Å². The number of aromatic nitrogens is 3. The fraction of sp³-hybridized carbons (Fsp3) is 0.0333. The van der Waals surface area contributed by atoms with E-state index in [1.165, 1.54) is 55.6 Å². The van der Waals surface area contributed by atoms with Gasteiger partial charge in [0.1, 0.15) is 14.7 Å². The lowest BCUT2D eigenvalue weighted by atomic mass is 9.82. The van der Waals surface area contributed by atoms with Crippen molar-refractivity contribution in [2.75, 3.05) is 28.8 Å². The highest BCUT2D eigenvalue weighted by Gasteiger charge is 2.36. The van der Waals surface area contributed by atoms with Gasteiger partial charge in [-0.05, 0) is 36.4 Å². The van der Waals surface area contributed by atoms with Crippen LogP contribution in [0.2, 0.25) is 0 Å². The standard InChI is InChI=1S/C30H23N7O12S3/c1-49-30-36-28(33-17-8-4-5-9-20(17)50(40,41)42)35-29(37-30)34-18-11-10-14(12-21(18)51(43,44)45)32-19-13-22(52(46,47)48)25(31)24-23(19)26(38)15-6-2-3-7-16(15)27(24)39/h2-13,32H,31H2,1H3,(H,40,41,42)(H,43,44,45)(H,46,47,48)(H2,33,34,35,36,37). The Morgan fingerprint density at radius 1 is 0.596 bits per heavy atom. The maximum atomic E-state index is 13.6. The fourth-order valence-corrected chi connectivity index (χ4v) is 7.24. The number of nitrogens with two attached hydrogens (primary N) is 1. The molecule has 6 rings (SSSR count). The lowest BCUT2D eigenvalue weighted by Crippen LogP contribution is -2.25. The van der Waals surface area contributed by atoms with Gasteiger partial charge >= 0.3 is 6.01 Å². The molecule has 19 nitrogen and oxygen atoms in total. The van der Waals surface area contributed by atoms with Crippen molar-refractivity contribution in [3.05, 3.63) is 95.1 Å². The molecule has 8 N–H and O–H groups in total. The Kier molecular flexibility index (Phi) is 8.90. The van der Waals surface area contributed by atoms with E-state index in [2.05, 4.69) is 30.9 Å². The van der Waals surface area contributed by atoms with Crippen LogP contribution in [-0.2, 0) is 30.4 Å². The van der Waals surface area contributed by atoms with Gasteiger partial charge < -0.3 is 26.4 Å². The minimum atomic E-state index is -5.07. The van der Waals surface area contributed by atoms with Crippen LogP contribution >= 0.6 is 0 Å². The minimum absolute atomic E-state index is 0.0247. The number of para-hydroxylation sites is 1. The minimum Gasteiger partial charge on any atom is -0.467 e. The highest BCUT2D eigenvalue weighted by atomic mass is 32.2. The van der Waals surface area contributed by atoms with Gasteiger partial charge in [-0.3, -0.25) is 23.2 Å². The highest BCUT2D eigenvalue weighted by Crippen LogP contribution is 2.40. The third kappa shape index (κ3) is 6.83. The zero-order valence-corrected chi connectivity index (χ0v) is 28.5. The number of methoxy groups -OCH3 is 1. The summed E-state index contributed by atoms with van der Waals surface area (Å²) in [6, 6.07) is 14.6. The van der Waals surface area contributed by atoms with Gasteiger partial charge in [0.2, 0.25) is 11.9 Å². The third-order valence-electron chi connectivity index (χ3n) is 7.47. The largest absolute Gasteiger partial charge is 0.467 e. The second kappa shape index (κ2) is 12.9. The van der Waals surface area contributed by atoms with Crippen LogP contribution in [0, 0.1) is 0 Å². The van der Waals surface area contributed by atoms with E-state index >= 15 is 0 Å². The van der Waals surface area contributed by atoms with E-state index in [0.717, 1.165) is 24.3 Å². The molecule has 0 bridgehead atoms. The van der Waals surface area contributed by atoms with Gasteiger partial charge in [0.15, 0.2) is 11.6 Å². The molecule has 1 heterocycles. The molecule has 0 atom stereocenters. The Balaban J connectivity index is 1.41. The molecular formula is C30H23N7O12S3. The SMILES string of the molecule is COc1nc(Nc2ccccc2S(=O)(=O)O)nc(Nc2ccc(Nc3cc(S(=O)(=O)O)c(N)c4c3C(=O)c3ccccc3C4=O)cc2S(=O)(=O)O)n1. The van der Waals surface area contributed by atoms with Gasteiger partial charge in [0.05, 0.1) is 41.0 Å². The molecule has 0 aliphatic heterocycles. The Hall–Kier alpha value is -6.04. The number of ether oxygens (including phenoxy) is 1. The van der Waals surface area contributed by atoms with Crippen molar-refractivity contribution in [3.63, 3.8) is 0 Å². The Bertz CT molecular complexity index is 2690. The lowest BCUT2D eigenvalue weighted by Gasteiger charge is -2.24. The molecule has 0 saturated carbocycles. The van der Waals surface area contributed by atoms with Gasteiger partial charge in [-0.1, -0.05) is 36.4 Å².